The Morgan fingerprint density at radius 3 is 1.93 bits per heavy atom. The minimum absolute atomic E-state index is 0. The van der Waals surface area contributed by atoms with E-state index < -0.39 is 0 Å². The van der Waals surface area contributed by atoms with Crippen molar-refractivity contribution >= 4 is 11.9 Å². The van der Waals surface area contributed by atoms with E-state index in [0.717, 1.165) is 48.2 Å². The van der Waals surface area contributed by atoms with Gasteiger partial charge in [-0.3, -0.25) is 9.98 Å². The zero-order valence-electron chi connectivity index (χ0n) is 26.3. The number of hydrogen-bond donors (Lipinski definition) is 0. The van der Waals surface area contributed by atoms with Crippen LogP contribution in [0.5, 0.6) is 11.5 Å². The molecule has 0 saturated heterocycles. The smallest absolute Gasteiger partial charge is 0.873 e. The third-order valence-corrected chi connectivity index (χ3v) is 7.85. The normalized spacial score (nSPS) is 14.3. The molecule has 1 aliphatic carbocycles. The molecule has 41 heavy (non-hydrogen) atoms. The molecule has 1 saturated carbocycles. The van der Waals surface area contributed by atoms with Crippen molar-refractivity contribution in [1.29, 1.82) is 0 Å². The number of para-hydroxylation sites is 1. The van der Waals surface area contributed by atoms with E-state index in [1.165, 1.54) is 30.4 Å². The van der Waals surface area contributed by atoms with Crippen LogP contribution in [0, 0.1) is 0 Å². The van der Waals surface area contributed by atoms with E-state index in [1.807, 2.05) is 66.0 Å². The second-order valence-electron chi connectivity index (χ2n) is 13.0. The van der Waals surface area contributed by atoms with E-state index in [1.54, 1.807) is 6.20 Å². The van der Waals surface area contributed by atoms with Gasteiger partial charge in [0.05, 0.1) is 17.6 Å². The number of nitrogens with zero attached hydrogens (tertiary/aromatic N) is 2. The molecular formula is C36H48N2NiO2. The van der Waals surface area contributed by atoms with Gasteiger partial charge in [0.25, 0.3) is 0 Å². The van der Waals surface area contributed by atoms with E-state index in [0.29, 0.717) is 11.5 Å². The van der Waals surface area contributed by atoms with Crippen LogP contribution in [0.3, 0.4) is 0 Å². The molecule has 0 atom stereocenters. The summed E-state index contributed by atoms with van der Waals surface area (Å²) in [5.41, 5.74) is 6.63. The van der Waals surface area contributed by atoms with Crippen LogP contribution in [0.4, 0.5) is 5.69 Å². The zero-order chi connectivity index (χ0) is 29.5. The summed E-state index contributed by atoms with van der Waals surface area (Å²) < 4.78 is 0. The van der Waals surface area contributed by atoms with Gasteiger partial charge in [0, 0.05) is 6.20 Å². The number of rotatable bonds is 5. The standard InChI is InChI=1S/C20H32O2.C16H18N2.Ni/c1-19(2,3)15-12-14(13-10-8-7-9-11-13)16(20(4,5)6)18(22)17(15)21;1-3-13-8-7-9-14(4-2)16(13)18-12-15-10-5-6-11-17-15;/h12-13,21-22H,7-11H2,1-6H3;5-12H,3-4H2,1-2H3;/q;;+2/p-2. The molecule has 4 nitrogen and oxygen atoms in total. The first-order valence-electron chi connectivity index (χ1n) is 15.0. The van der Waals surface area contributed by atoms with Gasteiger partial charge in [-0.25, -0.2) is 0 Å². The van der Waals surface area contributed by atoms with E-state index in [2.05, 4.69) is 48.1 Å². The summed E-state index contributed by atoms with van der Waals surface area (Å²) in [6.07, 6.45) is 11.7. The van der Waals surface area contributed by atoms with Crippen molar-refractivity contribution in [2.75, 3.05) is 0 Å². The minimum atomic E-state index is -0.294. The SMILES string of the molecule is CC(C)(C)c1cc(C2CCCCC2)c(C(C)(C)C)c([O-])c1[O-].CCc1cccc(CC)c1N=Cc1ccccn1.[Ni+2]. The predicted octanol–water partition coefficient (Wildman–Crippen LogP) is 8.43. The molecule has 224 valence electrons. The fourth-order valence-electron chi connectivity index (χ4n) is 5.69. The number of aliphatic imine (C=N–C) groups is 1. The molecule has 0 spiro atoms. The van der Waals surface area contributed by atoms with Crippen molar-refractivity contribution in [3.8, 4) is 11.5 Å². The Morgan fingerprint density at radius 2 is 1.44 bits per heavy atom. The van der Waals surface area contributed by atoms with Crippen molar-refractivity contribution in [1.82, 2.24) is 4.98 Å². The second kappa shape index (κ2) is 15.0. The maximum Gasteiger partial charge on any atom is 2.00 e. The third-order valence-electron chi connectivity index (χ3n) is 7.85. The summed E-state index contributed by atoms with van der Waals surface area (Å²) in [5.74, 6) is -0.116. The number of benzene rings is 2. The molecule has 0 radical (unpaired) electrons. The summed E-state index contributed by atoms with van der Waals surface area (Å²) in [6.45, 7) is 16.5. The van der Waals surface area contributed by atoms with Crippen molar-refractivity contribution in [3.63, 3.8) is 0 Å². The van der Waals surface area contributed by atoms with Gasteiger partial charge in [-0.15, -0.1) is 11.5 Å². The average Bonchev–Trinajstić information content (AvgIpc) is 2.93. The first kappa shape index (κ1) is 34.6. The third kappa shape index (κ3) is 8.92. The summed E-state index contributed by atoms with van der Waals surface area (Å²) in [7, 11) is 0. The molecule has 1 aliphatic rings. The van der Waals surface area contributed by atoms with Crippen LogP contribution < -0.4 is 10.2 Å². The molecule has 3 aromatic rings. The van der Waals surface area contributed by atoms with E-state index in [-0.39, 0.29) is 38.8 Å². The van der Waals surface area contributed by atoms with Crippen LogP contribution in [0.25, 0.3) is 0 Å². The molecule has 0 aliphatic heterocycles. The first-order chi connectivity index (χ1) is 18.9. The van der Waals surface area contributed by atoms with E-state index in [4.69, 9.17) is 0 Å². The maximum absolute atomic E-state index is 12.8. The van der Waals surface area contributed by atoms with Gasteiger partial charge in [-0.05, 0) is 76.8 Å². The van der Waals surface area contributed by atoms with Crippen LogP contribution in [-0.2, 0) is 40.2 Å². The molecule has 1 fully saturated rings. The summed E-state index contributed by atoms with van der Waals surface area (Å²) in [6, 6.07) is 14.3. The Kier molecular flexibility index (Phi) is 12.6. The van der Waals surface area contributed by atoms with Gasteiger partial charge >= 0.3 is 16.5 Å². The fourth-order valence-corrected chi connectivity index (χ4v) is 5.69. The quantitative estimate of drug-likeness (QED) is 0.218. The molecule has 0 bridgehead atoms. The Hall–Kier alpha value is -2.65. The molecule has 0 amide bonds. The Balaban J connectivity index is 0.000000285. The van der Waals surface area contributed by atoms with Crippen LogP contribution >= 0.6 is 0 Å². The number of pyridine rings is 1. The van der Waals surface area contributed by atoms with E-state index >= 15 is 0 Å². The maximum atomic E-state index is 12.8. The van der Waals surface area contributed by atoms with Crippen molar-refractivity contribution in [2.45, 2.75) is 117 Å². The number of aryl methyl sites for hydroxylation is 2. The van der Waals surface area contributed by atoms with Crippen LogP contribution in [0.1, 0.15) is 127 Å². The van der Waals surface area contributed by atoms with Gasteiger partial charge in [0.2, 0.25) is 0 Å². The Labute approximate surface area is 258 Å². The molecule has 5 heteroatoms. The van der Waals surface area contributed by atoms with Crippen LogP contribution in [0.15, 0.2) is 53.7 Å². The van der Waals surface area contributed by atoms with Crippen LogP contribution in [-0.4, -0.2) is 11.2 Å². The van der Waals surface area contributed by atoms with Crippen molar-refractivity contribution in [2.24, 2.45) is 4.99 Å². The predicted molar refractivity (Wildman–Crippen MR) is 165 cm³/mol. The van der Waals surface area contributed by atoms with Crippen molar-refractivity contribution in [3.05, 3.63) is 82.2 Å². The second-order valence-corrected chi connectivity index (χ2v) is 13.0. The number of aromatic nitrogens is 1. The summed E-state index contributed by atoms with van der Waals surface area (Å²) in [4.78, 5) is 8.89. The van der Waals surface area contributed by atoms with E-state index in [9.17, 15) is 10.2 Å². The largest absolute Gasteiger partial charge is 2.00 e. The average molecular weight is 599 g/mol. The van der Waals surface area contributed by atoms with Gasteiger partial charge < -0.3 is 10.2 Å². The summed E-state index contributed by atoms with van der Waals surface area (Å²) in [5, 5.41) is 25.4. The molecule has 0 N–H and O–H groups in total. The minimum Gasteiger partial charge on any atom is -0.873 e. The fraction of sp³-hybridized carbons (Fsp3) is 0.500. The van der Waals surface area contributed by atoms with Gasteiger partial charge in [-0.2, -0.15) is 0 Å². The zero-order valence-corrected chi connectivity index (χ0v) is 27.2. The molecule has 2 aromatic carbocycles. The van der Waals surface area contributed by atoms with Gasteiger partial charge in [0.15, 0.2) is 0 Å². The molecule has 4 rings (SSSR count). The molecule has 0 unspecified atom stereocenters. The number of hydrogen-bond acceptors (Lipinski definition) is 4. The van der Waals surface area contributed by atoms with Crippen LogP contribution in [0.2, 0.25) is 0 Å². The molecule has 1 aromatic heterocycles. The van der Waals surface area contributed by atoms with Crippen molar-refractivity contribution < 1.29 is 26.7 Å². The Bertz CT molecular complexity index is 1260. The van der Waals surface area contributed by atoms with Gasteiger partial charge in [0.1, 0.15) is 0 Å². The Morgan fingerprint density at radius 1 is 0.829 bits per heavy atom. The summed E-state index contributed by atoms with van der Waals surface area (Å²) >= 11 is 0. The molecule has 1 heterocycles. The monoisotopic (exact) mass is 598 g/mol. The molecular weight excluding hydrogens is 551 g/mol. The van der Waals surface area contributed by atoms with Gasteiger partial charge in [-0.1, -0.05) is 111 Å². The first-order valence-corrected chi connectivity index (χ1v) is 15.0. The topological polar surface area (TPSA) is 71.4 Å².